The van der Waals surface area contributed by atoms with E-state index in [1.54, 1.807) is 4.57 Å². The summed E-state index contributed by atoms with van der Waals surface area (Å²) in [5.41, 5.74) is 5.97. The highest BCUT2D eigenvalue weighted by Crippen LogP contribution is 2.18. The molecule has 3 N–H and O–H groups in total. The number of rotatable bonds is 9. The Labute approximate surface area is 142 Å². The molecule has 0 saturated carbocycles. The summed E-state index contributed by atoms with van der Waals surface area (Å²) in [7, 11) is 0. The lowest BCUT2D eigenvalue weighted by molar-refractivity contribution is -0.384. The molecule has 0 atom stereocenters. The van der Waals surface area contributed by atoms with Crippen molar-refractivity contribution < 1.29 is 9.72 Å². The Morgan fingerprint density at radius 3 is 2.62 bits per heavy atom. The molecule has 8 heteroatoms. The van der Waals surface area contributed by atoms with Crippen LogP contribution < -0.4 is 11.1 Å². The Balaban J connectivity index is 2.75. The van der Waals surface area contributed by atoms with Crippen molar-refractivity contribution in [2.45, 2.75) is 53.1 Å². The second kappa shape index (κ2) is 9.05. The number of aromatic nitrogens is 1. The van der Waals surface area contributed by atoms with E-state index in [0.717, 1.165) is 6.42 Å². The smallest absolute Gasteiger partial charge is 0.287 e. The van der Waals surface area contributed by atoms with E-state index in [9.17, 15) is 14.9 Å². The normalized spacial score (nSPS) is 12.0. The third-order valence-electron chi connectivity index (χ3n) is 3.36. The zero-order valence-electron chi connectivity index (χ0n) is 14.8. The fourth-order valence-corrected chi connectivity index (χ4v) is 2.16. The zero-order valence-corrected chi connectivity index (χ0v) is 14.8. The molecule has 1 aromatic heterocycles. The molecule has 0 aliphatic heterocycles. The summed E-state index contributed by atoms with van der Waals surface area (Å²) in [4.78, 5) is 27.0. The molecule has 1 rings (SSSR count). The molecule has 0 aromatic carbocycles. The first-order valence-electron chi connectivity index (χ1n) is 8.15. The highest BCUT2D eigenvalue weighted by atomic mass is 16.6. The summed E-state index contributed by atoms with van der Waals surface area (Å²) in [5, 5.41) is 13.7. The maximum atomic E-state index is 12.3. The number of carbonyl (C=O) groups excluding carboxylic acids is 1. The van der Waals surface area contributed by atoms with Crippen molar-refractivity contribution in [1.29, 1.82) is 0 Å². The van der Waals surface area contributed by atoms with Gasteiger partial charge in [-0.2, -0.15) is 0 Å². The Morgan fingerprint density at radius 2 is 2.08 bits per heavy atom. The van der Waals surface area contributed by atoms with Crippen molar-refractivity contribution in [2.75, 3.05) is 6.54 Å². The number of nitrogens with one attached hydrogen (secondary N) is 1. The molecule has 8 nitrogen and oxygen atoms in total. The second-order valence-corrected chi connectivity index (χ2v) is 6.44. The van der Waals surface area contributed by atoms with Crippen molar-refractivity contribution in [3.8, 4) is 0 Å². The van der Waals surface area contributed by atoms with Crippen LogP contribution in [-0.2, 0) is 6.54 Å². The third-order valence-corrected chi connectivity index (χ3v) is 3.36. The van der Waals surface area contributed by atoms with Gasteiger partial charge in [-0.05, 0) is 26.2 Å². The van der Waals surface area contributed by atoms with Gasteiger partial charge in [-0.3, -0.25) is 19.9 Å². The monoisotopic (exact) mass is 337 g/mol. The summed E-state index contributed by atoms with van der Waals surface area (Å²) in [5.74, 6) is 0.574. The van der Waals surface area contributed by atoms with Crippen LogP contribution in [-0.4, -0.2) is 33.8 Å². The molecular formula is C16H27N5O3. The van der Waals surface area contributed by atoms with Crippen LogP contribution in [0.2, 0.25) is 0 Å². The lowest BCUT2D eigenvalue weighted by Crippen LogP contribution is -2.30. The van der Waals surface area contributed by atoms with E-state index in [1.807, 2.05) is 13.8 Å². The van der Waals surface area contributed by atoms with Gasteiger partial charge in [-0.25, -0.2) is 0 Å². The zero-order chi connectivity index (χ0) is 18.3. The van der Waals surface area contributed by atoms with Crippen molar-refractivity contribution >= 4 is 17.4 Å². The van der Waals surface area contributed by atoms with Gasteiger partial charge in [0.1, 0.15) is 5.69 Å². The molecule has 134 valence electrons. The minimum absolute atomic E-state index is 0.0789. The number of aryl methyl sites for hydroxylation is 1. The molecular weight excluding hydrogens is 310 g/mol. The molecule has 0 bridgehead atoms. The lowest BCUT2D eigenvalue weighted by atomic mass is 10.1. The van der Waals surface area contributed by atoms with Gasteiger partial charge in [0.25, 0.3) is 11.6 Å². The SMILES string of the molecule is CC(C)CCn1cc([N+](=O)[O-])cc1C(=O)NCCC(N)=NC(C)C. The first-order valence-corrected chi connectivity index (χ1v) is 8.15. The van der Waals surface area contributed by atoms with Gasteiger partial charge in [0.2, 0.25) is 0 Å². The highest BCUT2D eigenvalue weighted by Gasteiger charge is 2.19. The minimum atomic E-state index is -0.490. The summed E-state index contributed by atoms with van der Waals surface area (Å²) in [6, 6.07) is 1.41. The topological polar surface area (TPSA) is 116 Å². The summed E-state index contributed by atoms with van der Waals surface area (Å²) in [6.45, 7) is 8.87. The largest absolute Gasteiger partial charge is 0.387 e. The number of hydrogen-bond acceptors (Lipinski definition) is 4. The van der Waals surface area contributed by atoms with Crippen molar-refractivity contribution in [2.24, 2.45) is 16.6 Å². The van der Waals surface area contributed by atoms with E-state index in [-0.39, 0.29) is 17.6 Å². The number of carbonyl (C=O) groups is 1. The van der Waals surface area contributed by atoms with Crippen LogP contribution in [0.4, 0.5) is 5.69 Å². The number of aliphatic imine (C=N–C) groups is 1. The van der Waals surface area contributed by atoms with Crippen LogP contribution in [0.15, 0.2) is 17.3 Å². The van der Waals surface area contributed by atoms with Gasteiger partial charge < -0.3 is 15.6 Å². The average molecular weight is 337 g/mol. The summed E-state index contributed by atoms with van der Waals surface area (Å²) in [6.07, 6.45) is 2.69. The Kier molecular flexibility index (Phi) is 7.41. The number of nitrogens with zero attached hydrogens (tertiary/aromatic N) is 3. The predicted molar refractivity (Wildman–Crippen MR) is 94.3 cm³/mol. The first kappa shape index (κ1) is 19.7. The number of amides is 1. The average Bonchev–Trinajstić information content (AvgIpc) is 2.88. The van der Waals surface area contributed by atoms with E-state index in [1.165, 1.54) is 12.3 Å². The molecule has 0 fully saturated rings. The van der Waals surface area contributed by atoms with Gasteiger partial charge in [-0.1, -0.05) is 13.8 Å². The minimum Gasteiger partial charge on any atom is -0.387 e. The fourth-order valence-electron chi connectivity index (χ4n) is 2.16. The molecule has 1 heterocycles. The standard InChI is InChI=1S/C16H27N5O3/c1-11(2)6-8-20-10-13(21(23)24)9-14(20)16(22)18-7-5-15(17)19-12(3)4/h9-12H,5-8H2,1-4H3,(H2,17,19)(H,18,22). The van der Waals surface area contributed by atoms with Crippen molar-refractivity contribution in [3.05, 3.63) is 28.1 Å². The van der Waals surface area contributed by atoms with Crippen LogP contribution >= 0.6 is 0 Å². The van der Waals surface area contributed by atoms with Crippen LogP contribution in [0.5, 0.6) is 0 Å². The van der Waals surface area contributed by atoms with Crippen LogP contribution in [0, 0.1) is 16.0 Å². The summed E-state index contributed by atoms with van der Waals surface area (Å²) < 4.78 is 1.64. The molecule has 0 unspecified atom stereocenters. The third kappa shape index (κ3) is 6.39. The van der Waals surface area contributed by atoms with Crippen molar-refractivity contribution in [1.82, 2.24) is 9.88 Å². The number of hydrogen-bond donors (Lipinski definition) is 2. The van der Waals surface area contributed by atoms with Gasteiger partial charge in [0, 0.05) is 31.6 Å². The lowest BCUT2D eigenvalue weighted by Gasteiger charge is -2.10. The number of amidine groups is 1. The van der Waals surface area contributed by atoms with E-state index < -0.39 is 4.92 Å². The van der Waals surface area contributed by atoms with Crippen LogP contribution in [0.3, 0.4) is 0 Å². The predicted octanol–water partition coefficient (Wildman–Crippen LogP) is 2.33. The molecule has 0 aliphatic rings. The van der Waals surface area contributed by atoms with Crippen LogP contribution in [0.25, 0.3) is 0 Å². The van der Waals surface area contributed by atoms with Gasteiger partial charge in [0.15, 0.2) is 0 Å². The van der Waals surface area contributed by atoms with Crippen molar-refractivity contribution in [3.63, 3.8) is 0 Å². The Morgan fingerprint density at radius 1 is 1.42 bits per heavy atom. The number of nitrogens with two attached hydrogens (primary N) is 1. The molecule has 0 radical (unpaired) electrons. The van der Waals surface area contributed by atoms with E-state index in [0.29, 0.717) is 37.0 Å². The Bertz CT molecular complexity index is 605. The fraction of sp³-hybridized carbons (Fsp3) is 0.625. The number of nitro groups is 1. The van der Waals surface area contributed by atoms with Crippen LogP contribution in [0.1, 0.15) is 51.0 Å². The van der Waals surface area contributed by atoms with E-state index in [4.69, 9.17) is 5.73 Å². The molecule has 1 aromatic rings. The van der Waals surface area contributed by atoms with E-state index in [2.05, 4.69) is 24.2 Å². The molecule has 0 aliphatic carbocycles. The molecule has 24 heavy (non-hydrogen) atoms. The van der Waals surface area contributed by atoms with Gasteiger partial charge in [-0.15, -0.1) is 0 Å². The Hall–Kier alpha value is -2.38. The van der Waals surface area contributed by atoms with Gasteiger partial charge in [0.05, 0.1) is 17.0 Å². The van der Waals surface area contributed by atoms with E-state index >= 15 is 0 Å². The highest BCUT2D eigenvalue weighted by molar-refractivity contribution is 5.94. The molecule has 0 saturated heterocycles. The first-order chi connectivity index (χ1) is 11.2. The second-order valence-electron chi connectivity index (χ2n) is 6.44. The maximum Gasteiger partial charge on any atom is 0.287 e. The maximum absolute atomic E-state index is 12.3. The van der Waals surface area contributed by atoms with Gasteiger partial charge >= 0.3 is 0 Å². The molecule has 1 amide bonds. The quantitative estimate of drug-likeness (QED) is 0.311. The summed E-state index contributed by atoms with van der Waals surface area (Å²) >= 11 is 0. The molecule has 0 spiro atoms.